The quantitative estimate of drug-likeness (QED) is 0.524. The first kappa shape index (κ1) is 24.6. The number of hydrogen-bond donors (Lipinski definition) is 4. The monoisotopic (exact) mass is 479 g/mol. The van der Waals surface area contributed by atoms with Crippen molar-refractivity contribution in [2.75, 3.05) is 6.61 Å². The van der Waals surface area contributed by atoms with Crippen molar-refractivity contribution in [3.63, 3.8) is 0 Å². The van der Waals surface area contributed by atoms with Crippen molar-refractivity contribution in [1.82, 2.24) is 15.5 Å². The maximum absolute atomic E-state index is 13.3. The highest BCUT2D eigenvalue weighted by Crippen LogP contribution is 2.42. The molecule has 8 heteroatoms. The van der Waals surface area contributed by atoms with Crippen molar-refractivity contribution in [2.24, 2.45) is 0 Å². The molecule has 0 saturated carbocycles. The van der Waals surface area contributed by atoms with Gasteiger partial charge >= 0.3 is 0 Å². The fourth-order valence-electron chi connectivity index (χ4n) is 4.60. The van der Waals surface area contributed by atoms with Crippen molar-refractivity contribution in [3.05, 3.63) is 71.1 Å². The lowest BCUT2D eigenvalue weighted by Gasteiger charge is -2.41. The van der Waals surface area contributed by atoms with Crippen LogP contribution in [0.1, 0.15) is 66.7 Å². The summed E-state index contributed by atoms with van der Waals surface area (Å²) in [6, 6.07) is 9.24. The fraction of sp³-hybridized carbons (Fsp3) is 0.407. The Kier molecular flexibility index (Phi) is 6.27. The van der Waals surface area contributed by atoms with Gasteiger partial charge < -0.3 is 25.6 Å². The Hall–Kier alpha value is -3.52. The summed E-state index contributed by atoms with van der Waals surface area (Å²) in [5.41, 5.74) is 0.730. The number of phenols is 1. The van der Waals surface area contributed by atoms with Gasteiger partial charge in [0.15, 0.2) is 0 Å². The molecule has 0 spiro atoms. The van der Waals surface area contributed by atoms with Gasteiger partial charge in [-0.05, 0) is 62.6 Å². The molecule has 186 valence electrons. The molecule has 4 rings (SSSR count). The second kappa shape index (κ2) is 8.92. The van der Waals surface area contributed by atoms with E-state index in [4.69, 9.17) is 4.74 Å². The highest BCUT2D eigenvalue weighted by molar-refractivity contribution is 5.95. The summed E-state index contributed by atoms with van der Waals surface area (Å²) >= 11 is 0. The maximum atomic E-state index is 13.3. The van der Waals surface area contributed by atoms with E-state index in [1.807, 2.05) is 26.8 Å². The predicted molar refractivity (Wildman–Crippen MR) is 132 cm³/mol. The standard InChI is InChI=1S/C27H33N3O5/c1-6-26(4)13-22(32)30(17(3)29-26)14-19-12-18(11-10-16(19)2)25(33)28-24-23-20(31)8-7-9-21(23)35-15-27(24,5)34/h7-12,24,29,31,34H,3,6,13-15H2,1-2,4-5H3,(H,28,33). The molecule has 8 nitrogen and oxygen atoms in total. The van der Waals surface area contributed by atoms with E-state index >= 15 is 0 Å². The molecule has 0 aliphatic carbocycles. The van der Waals surface area contributed by atoms with Gasteiger partial charge in [0.1, 0.15) is 29.5 Å². The van der Waals surface area contributed by atoms with Gasteiger partial charge in [0, 0.05) is 17.5 Å². The number of hydrogen-bond acceptors (Lipinski definition) is 6. The molecule has 3 atom stereocenters. The molecule has 0 radical (unpaired) electrons. The highest BCUT2D eigenvalue weighted by atomic mass is 16.5. The van der Waals surface area contributed by atoms with Crippen LogP contribution in [0.4, 0.5) is 0 Å². The van der Waals surface area contributed by atoms with Gasteiger partial charge in [0.05, 0.1) is 18.2 Å². The Morgan fingerprint density at radius 1 is 1.31 bits per heavy atom. The zero-order valence-corrected chi connectivity index (χ0v) is 20.6. The third kappa shape index (κ3) is 4.71. The molecule has 2 aromatic carbocycles. The molecule has 3 unspecified atom stereocenters. The van der Waals surface area contributed by atoms with Crippen molar-refractivity contribution >= 4 is 11.8 Å². The molecule has 0 bridgehead atoms. The largest absolute Gasteiger partial charge is 0.507 e. The summed E-state index contributed by atoms with van der Waals surface area (Å²) < 4.78 is 5.59. The average Bonchev–Trinajstić information content (AvgIpc) is 2.79. The van der Waals surface area contributed by atoms with Gasteiger partial charge in [-0.1, -0.05) is 25.6 Å². The number of aromatic hydroxyl groups is 1. The summed E-state index contributed by atoms with van der Waals surface area (Å²) in [7, 11) is 0. The van der Waals surface area contributed by atoms with Crippen LogP contribution in [0, 0.1) is 6.92 Å². The number of carbonyl (C=O) groups is 2. The molecule has 2 amide bonds. The maximum Gasteiger partial charge on any atom is 0.251 e. The van der Waals surface area contributed by atoms with Gasteiger partial charge in [0.2, 0.25) is 5.91 Å². The van der Waals surface area contributed by atoms with Gasteiger partial charge in [0.25, 0.3) is 5.91 Å². The zero-order valence-electron chi connectivity index (χ0n) is 20.6. The SMILES string of the molecule is C=C1NC(C)(CC)CC(=O)N1Cc1cc(C(=O)NC2c3c(O)cccc3OCC2(C)O)ccc1C. The third-order valence-corrected chi connectivity index (χ3v) is 7.08. The van der Waals surface area contributed by atoms with E-state index in [1.165, 1.54) is 6.07 Å². The molecule has 2 aromatic rings. The Morgan fingerprint density at radius 2 is 2.06 bits per heavy atom. The van der Waals surface area contributed by atoms with Crippen LogP contribution < -0.4 is 15.4 Å². The molecule has 2 aliphatic heterocycles. The zero-order chi connectivity index (χ0) is 25.5. The number of nitrogens with zero attached hydrogens (tertiary/aromatic N) is 1. The molecule has 1 fully saturated rings. The minimum atomic E-state index is -1.43. The van der Waals surface area contributed by atoms with Crippen molar-refractivity contribution in [2.45, 2.75) is 64.3 Å². The summed E-state index contributed by atoms with van der Waals surface area (Å²) in [6.07, 6.45) is 1.17. The van der Waals surface area contributed by atoms with Crippen molar-refractivity contribution in [3.8, 4) is 11.5 Å². The Labute approximate surface area is 205 Å². The number of amides is 2. The van der Waals surface area contributed by atoms with Crippen molar-refractivity contribution in [1.29, 1.82) is 0 Å². The number of benzene rings is 2. The van der Waals surface area contributed by atoms with Crippen LogP contribution >= 0.6 is 0 Å². The van der Waals surface area contributed by atoms with E-state index in [-0.39, 0.29) is 30.3 Å². The second-order valence-electron chi connectivity index (χ2n) is 10.0. The molecule has 1 saturated heterocycles. The first-order valence-electron chi connectivity index (χ1n) is 11.8. The van der Waals surface area contributed by atoms with Crippen LogP contribution in [0.25, 0.3) is 0 Å². The highest BCUT2D eigenvalue weighted by Gasteiger charge is 2.42. The third-order valence-electron chi connectivity index (χ3n) is 7.08. The van der Waals surface area contributed by atoms with E-state index in [9.17, 15) is 19.8 Å². The normalized spacial score (nSPS) is 26.0. The summed E-state index contributed by atoms with van der Waals surface area (Å²) in [5, 5.41) is 27.6. The van der Waals surface area contributed by atoms with Crippen LogP contribution in [0.5, 0.6) is 11.5 Å². The Balaban J connectivity index is 1.57. The van der Waals surface area contributed by atoms with Crippen LogP contribution in [0.15, 0.2) is 48.8 Å². The van der Waals surface area contributed by atoms with Gasteiger partial charge in [-0.3, -0.25) is 14.5 Å². The Morgan fingerprint density at radius 3 is 2.74 bits per heavy atom. The summed E-state index contributed by atoms with van der Waals surface area (Å²) in [6.45, 7) is 11.8. The van der Waals surface area contributed by atoms with Crippen molar-refractivity contribution < 1.29 is 24.5 Å². The van der Waals surface area contributed by atoms with Crippen LogP contribution in [-0.2, 0) is 11.3 Å². The number of aryl methyl sites for hydroxylation is 1. The number of nitrogens with one attached hydrogen (secondary N) is 2. The fourth-order valence-corrected chi connectivity index (χ4v) is 4.60. The molecule has 35 heavy (non-hydrogen) atoms. The lowest BCUT2D eigenvalue weighted by molar-refractivity contribution is -0.134. The lowest BCUT2D eigenvalue weighted by Crippen LogP contribution is -2.55. The molecular formula is C27H33N3O5. The summed E-state index contributed by atoms with van der Waals surface area (Å²) in [4.78, 5) is 27.8. The smallest absolute Gasteiger partial charge is 0.251 e. The predicted octanol–water partition coefficient (Wildman–Crippen LogP) is 3.28. The number of fused-ring (bicyclic) bond motifs is 1. The van der Waals surface area contributed by atoms with E-state index < -0.39 is 17.6 Å². The number of rotatable bonds is 5. The second-order valence-corrected chi connectivity index (χ2v) is 10.0. The van der Waals surface area contributed by atoms with Gasteiger partial charge in [-0.2, -0.15) is 0 Å². The van der Waals surface area contributed by atoms with E-state index in [0.717, 1.165) is 17.5 Å². The molecule has 4 N–H and O–H groups in total. The van der Waals surface area contributed by atoms with Crippen LogP contribution in [-0.4, -0.2) is 44.7 Å². The molecule has 2 aliphatic rings. The average molecular weight is 480 g/mol. The number of aliphatic hydroxyl groups is 1. The molecule has 0 aromatic heterocycles. The first-order valence-corrected chi connectivity index (χ1v) is 11.8. The van der Waals surface area contributed by atoms with E-state index in [1.54, 1.807) is 36.1 Å². The molecule has 2 heterocycles. The van der Waals surface area contributed by atoms with Gasteiger partial charge in [-0.15, -0.1) is 0 Å². The van der Waals surface area contributed by atoms with E-state index in [0.29, 0.717) is 29.1 Å². The van der Waals surface area contributed by atoms with Crippen LogP contribution in [0.3, 0.4) is 0 Å². The summed E-state index contributed by atoms with van der Waals surface area (Å²) in [5.74, 6) is 0.474. The van der Waals surface area contributed by atoms with Crippen LogP contribution in [0.2, 0.25) is 0 Å². The Bertz CT molecular complexity index is 1170. The number of ether oxygens (including phenoxy) is 1. The van der Waals surface area contributed by atoms with Gasteiger partial charge in [-0.25, -0.2) is 0 Å². The molecular weight excluding hydrogens is 446 g/mol. The number of phenolic OH excluding ortho intramolecular Hbond substituents is 1. The number of carbonyl (C=O) groups excluding carboxylic acids is 2. The van der Waals surface area contributed by atoms with E-state index in [2.05, 4.69) is 17.2 Å². The lowest BCUT2D eigenvalue weighted by atomic mass is 9.87. The minimum absolute atomic E-state index is 0.0160. The first-order chi connectivity index (χ1) is 16.4. The minimum Gasteiger partial charge on any atom is -0.507 e. The topological polar surface area (TPSA) is 111 Å².